The highest BCUT2D eigenvalue weighted by atomic mass is 16.4. The molecule has 1 aromatic heterocycles. The van der Waals surface area contributed by atoms with Gasteiger partial charge in [0.2, 0.25) is 0 Å². The number of hydrogen-bond donors (Lipinski definition) is 2. The second-order valence-corrected chi connectivity index (χ2v) is 4.98. The maximum absolute atomic E-state index is 11.1. The van der Waals surface area contributed by atoms with E-state index in [-0.39, 0.29) is 5.69 Å². The van der Waals surface area contributed by atoms with Crippen molar-refractivity contribution < 1.29 is 9.90 Å². The van der Waals surface area contributed by atoms with E-state index in [9.17, 15) is 4.79 Å². The lowest BCUT2D eigenvalue weighted by Crippen LogP contribution is -2.52. The van der Waals surface area contributed by atoms with Crippen molar-refractivity contribution in [2.24, 2.45) is 0 Å². The number of carboxylic acids is 1. The third-order valence-corrected chi connectivity index (χ3v) is 3.52. The van der Waals surface area contributed by atoms with Gasteiger partial charge in [0.1, 0.15) is 0 Å². The van der Waals surface area contributed by atoms with Crippen molar-refractivity contribution in [3.63, 3.8) is 0 Å². The number of nitrogens with zero attached hydrogens (tertiary/aromatic N) is 3. The van der Waals surface area contributed by atoms with Crippen molar-refractivity contribution in [2.75, 3.05) is 45.6 Å². The molecular formula is C13H20N4O2. The van der Waals surface area contributed by atoms with Gasteiger partial charge in [-0.1, -0.05) is 0 Å². The van der Waals surface area contributed by atoms with Crippen molar-refractivity contribution in [2.45, 2.75) is 6.04 Å². The molecule has 2 N–H and O–H groups in total. The summed E-state index contributed by atoms with van der Waals surface area (Å²) in [5.41, 5.74) is 0.658. The molecule has 1 aromatic rings. The Hall–Kier alpha value is -1.66. The number of carbonyl (C=O) groups is 1. The van der Waals surface area contributed by atoms with E-state index in [0.29, 0.717) is 18.3 Å². The summed E-state index contributed by atoms with van der Waals surface area (Å²) in [6.07, 6.45) is 1.50. The van der Waals surface area contributed by atoms with Crippen molar-refractivity contribution in [3.05, 3.63) is 24.0 Å². The highest BCUT2D eigenvalue weighted by Crippen LogP contribution is 2.13. The van der Waals surface area contributed by atoms with Crippen LogP contribution < -0.4 is 5.32 Å². The zero-order valence-electron chi connectivity index (χ0n) is 11.3. The number of aromatic carboxylic acids is 1. The van der Waals surface area contributed by atoms with Gasteiger partial charge in [0.15, 0.2) is 5.69 Å². The van der Waals surface area contributed by atoms with Gasteiger partial charge in [0.05, 0.1) is 5.69 Å². The van der Waals surface area contributed by atoms with Crippen LogP contribution in [0.1, 0.15) is 10.5 Å². The topological polar surface area (TPSA) is 68.7 Å². The minimum absolute atomic E-state index is 0.0781. The highest BCUT2D eigenvalue weighted by molar-refractivity contribution is 5.91. The largest absolute Gasteiger partial charge is 0.476 e. The molecule has 0 aliphatic carbocycles. The van der Waals surface area contributed by atoms with E-state index in [1.54, 1.807) is 12.1 Å². The predicted molar refractivity (Wildman–Crippen MR) is 73.6 cm³/mol. The van der Waals surface area contributed by atoms with E-state index in [4.69, 9.17) is 5.11 Å². The summed E-state index contributed by atoms with van der Waals surface area (Å²) in [6.45, 7) is 3.79. The fraction of sp³-hybridized carbons (Fsp3) is 0.538. The normalized spacial score (nSPS) is 21.3. The first kappa shape index (κ1) is 13.8. The van der Waals surface area contributed by atoms with Gasteiger partial charge in [-0.25, -0.2) is 9.78 Å². The van der Waals surface area contributed by atoms with Crippen LogP contribution in [0.2, 0.25) is 0 Å². The Labute approximate surface area is 113 Å². The second-order valence-electron chi connectivity index (χ2n) is 4.98. The molecule has 104 valence electrons. The Morgan fingerprint density at radius 3 is 3.05 bits per heavy atom. The first-order chi connectivity index (χ1) is 9.08. The molecule has 0 aromatic carbocycles. The Kier molecular flexibility index (Phi) is 4.34. The van der Waals surface area contributed by atoms with E-state index in [1.807, 2.05) is 0 Å². The molecule has 19 heavy (non-hydrogen) atoms. The lowest BCUT2D eigenvalue weighted by molar-refractivity contribution is 0.0691. The first-order valence-corrected chi connectivity index (χ1v) is 6.39. The molecule has 1 fully saturated rings. The average Bonchev–Trinajstić information content (AvgIpc) is 2.40. The molecule has 1 aliphatic rings. The molecule has 2 heterocycles. The van der Waals surface area contributed by atoms with Crippen LogP contribution in [0.5, 0.6) is 0 Å². The molecule has 0 spiro atoms. The number of likely N-dealkylation sites (N-methyl/N-ethyl adjacent to an activating group) is 2. The monoisotopic (exact) mass is 264 g/mol. The molecule has 1 aliphatic heterocycles. The number of rotatable bonds is 4. The van der Waals surface area contributed by atoms with Gasteiger partial charge in [-0.2, -0.15) is 0 Å². The van der Waals surface area contributed by atoms with Gasteiger partial charge in [0, 0.05) is 38.4 Å². The third-order valence-electron chi connectivity index (χ3n) is 3.52. The summed E-state index contributed by atoms with van der Waals surface area (Å²) >= 11 is 0. The van der Waals surface area contributed by atoms with Crippen molar-refractivity contribution in [1.82, 2.24) is 14.8 Å². The van der Waals surface area contributed by atoms with Crippen LogP contribution in [0.3, 0.4) is 0 Å². The minimum atomic E-state index is -1.00. The second kappa shape index (κ2) is 5.99. The quantitative estimate of drug-likeness (QED) is 0.822. The number of carboxylic acid groups (broad SMARTS) is 1. The molecule has 6 nitrogen and oxygen atoms in total. The lowest BCUT2D eigenvalue weighted by Gasteiger charge is -2.37. The molecule has 1 unspecified atom stereocenters. The van der Waals surface area contributed by atoms with Crippen molar-refractivity contribution >= 4 is 11.7 Å². The highest BCUT2D eigenvalue weighted by Gasteiger charge is 2.22. The Morgan fingerprint density at radius 1 is 1.53 bits per heavy atom. The van der Waals surface area contributed by atoms with Gasteiger partial charge in [0.25, 0.3) is 0 Å². The number of piperazine rings is 1. The van der Waals surface area contributed by atoms with Gasteiger partial charge in [-0.05, 0) is 26.2 Å². The molecule has 6 heteroatoms. The summed E-state index contributed by atoms with van der Waals surface area (Å²) < 4.78 is 0. The number of pyridine rings is 1. The summed E-state index contributed by atoms with van der Waals surface area (Å²) in [7, 11) is 4.20. The molecule has 0 amide bonds. The van der Waals surface area contributed by atoms with E-state index in [2.05, 4.69) is 34.2 Å². The molecule has 1 atom stereocenters. The van der Waals surface area contributed by atoms with E-state index < -0.39 is 5.97 Å². The molecule has 2 rings (SSSR count). The number of hydrogen-bond acceptors (Lipinski definition) is 5. The van der Waals surface area contributed by atoms with E-state index in [0.717, 1.165) is 19.6 Å². The summed E-state index contributed by atoms with van der Waals surface area (Å²) in [5, 5.41) is 12.3. The molecule has 1 saturated heterocycles. The maximum Gasteiger partial charge on any atom is 0.356 e. The van der Waals surface area contributed by atoms with Crippen LogP contribution in [0, 0.1) is 0 Å². The minimum Gasteiger partial charge on any atom is -0.476 e. The number of anilines is 1. The summed E-state index contributed by atoms with van der Waals surface area (Å²) in [4.78, 5) is 19.5. The van der Waals surface area contributed by atoms with E-state index in [1.165, 1.54) is 6.20 Å². The van der Waals surface area contributed by atoms with Crippen LogP contribution >= 0.6 is 0 Å². The molecule has 0 radical (unpaired) electrons. The molecule has 0 saturated carbocycles. The van der Waals surface area contributed by atoms with Gasteiger partial charge in [-0.15, -0.1) is 0 Å². The van der Waals surface area contributed by atoms with Crippen LogP contribution in [-0.2, 0) is 0 Å². The van der Waals surface area contributed by atoms with E-state index >= 15 is 0 Å². The SMILES string of the molecule is CN1CCN(C)C(CNc2cccnc2C(=O)O)C1. The Morgan fingerprint density at radius 2 is 2.32 bits per heavy atom. The van der Waals surface area contributed by atoms with Crippen LogP contribution in [0.4, 0.5) is 5.69 Å². The van der Waals surface area contributed by atoms with Crippen LogP contribution in [-0.4, -0.2) is 72.2 Å². The van der Waals surface area contributed by atoms with Gasteiger partial charge in [-0.3, -0.25) is 4.90 Å². The zero-order chi connectivity index (χ0) is 13.8. The molecular weight excluding hydrogens is 244 g/mol. The Bertz CT molecular complexity index is 452. The van der Waals surface area contributed by atoms with Crippen LogP contribution in [0.25, 0.3) is 0 Å². The van der Waals surface area contributed by atoms with Crippen molar-refractivity contribution in [1.29, 1.82) is 0 Å². The van der Waals surface area contributed by atoms with Gasteiger partial charge < -0.3 is 15.3 Å². The summed E-state index contributed by atoms with van der Waals surface area (Å²) in [6, 6.07) is 3.87. The number of aromatic nitrogens is 1. The van der Waals surface area contributed by atoms with Gasteiger partial charge >= 0.3 is 5.97 Å². The van der Waals surface area contributed by atoms with Crippen molar-refractivity contribution in [3.8, 4) is 0 Å². The predicted octanol–water partition coefficient (Wildman–Crippen LogP) is 0.438. The maximum atomic E-state index is 11.1. The third kappa shape index (κ3) is 3.42. The zero-order valence-corrected chi connectivity index (χ0v) is 11.3. The standard InChI is InChI=1S/C13H20N4O2/c1-16-6-7-17(2)10(9-16)8-15-11-4-3-5-14-12(11)13(18)19/h3-5,10,15H,6-9H2,1-2H3,(H,18,19). The molecule has 0 bridgehead atoms. The average molecular weight is 264 g/mol. The van der Waals surface area contributed by atoms with Crippen LogP contribution in [0.15, 0.2) is 18.3 Å². The lowest BCUT2D eigenvalue weighted by atomic mass is 10.2. The fourth-order valence-corrected chi connectivity index (χ4v) is 2.27. The number of nitrogens with one attached hydrogen (secondary N) is 1. The fourth-order valence-electron chi connectivity index (χ4n) is 2.27. The first-order valence-electron chi connectivity index (χ1n) is 6.39. The smallest absolute Gasteiger partial charge is 0.356 e. The summed E-state index contributed by atoms with van der Waals surface area (Å²) in [5.74, 6) is -1.00. The Balaban J connectivity index is 2.00.